The van der Waals surface area contributed by atoms with Crippen LogP contribution in [0.1, 0.15) is 17.5 Å². The molecule has 1 aromatic carbocycles. The zero-order chi connectivity index (χ0) is 12.8. The first kappa shape index (κ1) is 14.1. The van der Waals surface area contributed by atoms with Gasteiger partial charge in [-0.05, 0) is 25.0 Å². The van der Waals surface area contributed by atoms with Crippen LogP contribution in [0.3, 0.4) is 0 Å². The van der Waals surface area contributed by atoms with E-state index in [9.17, 15) is 4.21 Å². The van der Waals surface area contributed by atoms with Gasteiger partial charge in [0.25, 0.3) is 0 Å². The number of hydrogen-bond acceptors (Lipinski definition) is 3. The van der Waals surface area contributed by atoms with Crippen LogP contribution in [0.5, 0.6) is 0 Å². The lowest BCUT2D eigenvalue weighted by molar-refractivity contribution is 0.685. The lowest BCUT2D eigenvalue weighted by Gasteiger charge is -2.13. The molecule has 3 nitrogen and oxygen atoms in total. The quantitative estimate of drug-likeness (QED) is 0.611. The Bertz CT molecular complexity index is 433. The predicted octanol–water partition coefficient (Wildman–Crippen LogP) is 1.81. The molecule has 0 saturated heterocycles. The maximum Gasteiger partial charge on any atom is 0.106 e. The molecule has 0 fully saturated rings. The Morgan fingerprint density at radius 1 is 1.53 bits per heavy atom. The molecule has 0 aliphatic carbocycles. The van der Waals surface area contributed by atoms with Crippen LogP contribution in [0.15, 0.2) is 18.2 Å². The monoisotopic (exact) mass is 270 g/mol. The Kier molecular flexibility index (Phi) is 5.58. The number of para-hydroxylation sites is 1. The number of benzene rings is 1. The van der Waals surface area contributed by atoms with Crippen LogP contribution in [0, 0.1) is 6.92 Å². The molecular weight excluding hydrogens is 252 g/mol. The van der Waals surface area contributed by atoms with E-state index in [0.717, 1.165) is 29.8 Å². The molecule has 0 aliphatic heterocycles. The third-order valence-corrected chi connectivity index (χ3v) is 3.53. The van der Waals surface area contributed by atoms with Crippen LogP contribution >= 0.6 is 12.2 Å². The minimum absolute atomic E-state index is 0.398. The first-order chi connectivity index (χ1) is 8.02. The minimum atomic E-state index is -0.733. The van der Waals surface area contributed by atoms with Crippen LogP contribution in [0.25, 0.3) is 0 Å². The van der Waals surface area contributed by atoms with Crippen molar-refractivity contribution in [1.82, 2.24) is 0 Å². The number of thiocarbonyl (C=S) groups is 1. The van der Waals surface area contributed by atoms with Gasteiger partial charge in [-0.15, -0.1) is 0 Å². The van der Waals surface area contributed by atoms with Crippen molar-refractivity contribution in [3.05, 3.63) is 29.3 Å². The average molecular weight is 270 g/mol. The van der Waals surface area contributed by atoms with Crippen molar-refractivity contribution in [2.24, 2.45) is 5.73 Å². The zero-order valence-electron chi connectivity index (χ0n) is 10.2. The van der Waals surface area contributed by atoms with Gasteiger partial charge in [0.2, 0.25) is 0 Å². The van der Waals surface area contributed by atoms with Gasteiger partial charge >= 0.3 is 0 Å². The topological polar surface area (TPSA) is 55.1 Å². The molecule has 0 amide bonds. The standard InChI is InChI=1S/C12H18N2OS2/c1-9-5-3-6-10(12(13)16)11(9)14-7-4-8-17(2)15/h3,5-6,14H,4,7-8H2,1-2H3,(H2,13,16). The average Bonchev–Trinajstić information content (AvgIpc) is 2.25. The molecule has 1 aromatic rings. The van der Waals surface area contributed by atoms with Gasteiger partial charge in [0.05, 0.1) is 0 Å². The SMILES string of the molecule is Cc1cccc(C(N)=S)c1NCCCS(C)=O. The molecule has 0 aromatic heterocycles. The van der Waals surface area contributed by atoms with Gasteiger partial charge in [0.1, 0.15) is 4.99 Å². The lowest BCUT2D eigenvalue weighted by atomic mass is 10.1. The van der Waals surface area contributed by atoms with Crippen molar-refractivity contribution in [3.8, 4) is 0 Å². The summed E-state index contributed by atoms with van der Waals surface area (Å²) < 4.78 is 10.9. The van der Waals surface area contributed by atoms with E-state index in [1.54, 1.807) is 6.26 Å². The number of aryl methyl sites for hydroxylation is 1. The highest BCUT2D eigenvalue weighted by atomic mass is 32.2. The van der Waals surface area contributed by atoms with E-state index < -0.39 is 10.8 Å². The second kappa shape index (κ2) is 6.71. The molecule has 1 unspecified atom stereocenters. The summed E-state index contributed by atoms with van der Waals surface area (Å²) in [6.07, 6.45) is 2.59. The highest BCUT2D eigenvalue weighted by molar-refractivity contribution is 7.84. The van der Waals surface area contributed by atoms with Gasteiger partial charge in [-0.3, -0.25) is 4.21 Å². The summed E-state index contributed by atoms with van der Waals surface area (Å²) in [5.41, 5.74) is 8.66. The number of nitrogens with one attached hydrogen (secondary N) is 1. The van der Waals surface area contributed by atoms with E-state index in [0.29, 0.717) is 10.7 Å². The summed E-state index contributed by atoms with van der Waals surface area (Å²) in [6, 6.07) is 5.87. The Morgan fingerprint density at radius 2 is 2.24 bits per heavy atom. The smallest absolute Gasteiger partial charge is 0.106 e. The Balaban J connectivity index is 2.69. The molecule has 0 radical (unpaired) electrons. The predicted molar refractivity (Wildman–Crippen MR) is 79.1 cm³/mol. The summed E-state index contributed by atoms with van der Waals surface area (Å²) in [7, 11) is -0.733. The van der Waals surface area contributed by atoms with E-state index >= 15 is 0 Å². The first-order valence-electron chi connectivity index (χ1n) is 5.45. The highest BCUT2D eigenvalue weighted by Crippen LogP contribution is 2.20. The fraction of sp³-hybridized carbons (Fsp3) is 0.417. The fourth-order valence-corrected chi connectivity index (χ4v) is 2.32. The van der Waals surface area contributed by atoms with Gasteiger partial charge in [-0.2, -0.15) is 0 Å². The van der Waals surface area contributed by atoms with Gasteiger partial charge in [0.15, 0.2) is 0 Å². The second-order valence-electron chi connectivity index (χ2n) is 3.92. The van der Waals surface area contributed by atoms with Gasteiger partial charge in [0, 0.05) is 40.6 Å². The summed E-state index contributed by atoms with van der Waals surface area (Å²) in [4.78, 5) is 0.398. The third kappa shape index (κ3) is 4.44. The molecule has 0 bridgehead atoms. The van der Waals surface area contributed by atoms with Crippen LogP contribution in [0.4, 0.5) is 5.69 Å². The Labute approximate surface area is 110 Å². The summed E-state index contributed by atoms with van der Waals surface area (Å²) in [6.45, 7) is 2.79. The molecule has 17 heavy (non-hydrogen) atoms. The molecule has 1 rings (SSSR count). The van der Waals surface area contributed by atoms with E-state index in [-0.39, 0.29) is 0 Å². The Hall–Kier alpha value is -0.940. The highest BCUT2D eigenvalue weighted by Gasteiger charge is 2.06. The minimum Gasteiger partial charge on any atom is -0.389 e. The van der Waals surface area contributed by atoms with Crippen LogP contribution in [0.2, 0.25) is 0 Å². The number of hydrogen-bond donors (Lipinski definition) is 2. The van der Waals surface area contributed by atoms with Gasteiger partial charge in [-0.25, -0.2) is 0 Å². The summed E-state index contributed by atoms with van der Waals surface area (Å²) in [5.74, 6) is 0.710. The molecule has 0 spiro atoms. The fourth-order valence-electron chi connectivity index (χ4n) is 1.60. The third-order valence-electron chi connectivity index (χ3n) is 2.45. The summed E-state index contributed by atoms with van der Waals surface area (Å²) in [5, 5.41) is 3.32. The van der Waals surface area contributed by atoms with Crippen LogP contribution in [-0.4, -0.2) is 27.8 Å². The van der Waals surface area contributed by atoms with Crippen molar-refractivity contribution >= 4 is 33.7 Å². The van der Waals surface area contributed by atoms with Gasteiger partial charge < -0.3 is 11.1 Å². The molecule has 3 N–H and O–H groups in total. The molecule has 0 aliphatic rings. The van der Waals surface area contributed by atoms with Crippen molar-refractivity contribution in [2.45, 2.75) is 13.3 Å². The lowest BCUT2D eigenvalue weighted by Crippen LogP contribution is -2.15. The van der Waals surface area contributed by atoms with Crippen LogP contribution < -0.4 is 11.1 Å². The first-order valence-corrected chi connectivity index (χ1v) is 7.59. The normalized spacial score (nSPS) is 12.1. The molecule has 5 heteroatoms. The van der Waals surface area contributed by atoms with Gasteiger partial charge in [-0.1, -0.05) is 24.4 Å². The van der Waals surface area contributed by atoms with E-state index in [4.69, 9.17) is 18.0 Å². The number of rotatable bonds is 6. The van der Waals surface area contributed by atoms with E-state index in [1.165, 1.54) is 0 Å². The molecule has 0 heterocycles. The van der Waals surface area contributed by atoms with E-state index in [2.05, 4.69) is 5.32 Å². The largest absolute Gasteiger partial charge is 0.389 e. The number of anilines is 1. The van der Waals surface area contributed by atoms with E-state index in [1.807, 2.05) is 25.1 Å². The summed E-state index contributed by atoms with van der Waals surface area (Å²) >= 11 is 5.02. The van der Waals surface area contributed by atoms with Crippen molar-refractivity contribution in [3.63, 3.8) is 0 Å². The maximum absolute atomic E-state index is 10.9. The molecular formula is C12H18N2OS2. The molecule has 0 saturated carbocycles. The van der Waals surface area contributed by atoms with Crippen LogP contribution in [-0.2, 0) is 10.8 Å². The Morgan fingerprint density at radius 3 is 2.82 bits per heavy atom. The molecule has 1 atom stereocenters. The zero-order valence-corrected chi connectivity index (χ0v) is 11.8. The van der Waals surface area contributed by atoms with Crippen molar-refractivity contribution < 1.29 is 4.21 Å². The molecule has 94 valence electrons. The second-order valence-corrected chi connectivity index (χ2v) is 5.91. The van der Waals surface area contributed by atoms with Crippen molar-refractivity contribution in [1.29, 1.82) is 0 Å². The maximum atomic E-state index is 10.9. The van der Waals surface area contributed by atoms with Crippen molar-refractivity contribution in [2.75, 3.05) is 23.9 Å². The number of nitrogens with two attached hydrogens (primary N) is 1.